The van der Waals surface area contributed by atoms with E-state index in [1.54, 1.807) is 18.3 Å². The lowest BCUT2D eigenvalue weighted by molar-refractivity contribution is -0.352. The van der Waals surface area contributed by atoms with Crippen molar-refractivity contribution >= 4 is 10.9 Å². The predicted octanol–water partition coefficient (Wildman–Crippen LogP) is -2.83. The van der Waals surface area contributed by atoms with E-state index in [4.69, 9.17) is 18.9 Å². The van der Waals surface area contributed by atoms with Crippen molar-refractivity contribution in [2.75, 3.05) is 13.2 Å². The van der Waals surface area contributed by atoms with Crippen molar-refractivity contribution in [2.45, 2.75) is 61.4 Å². The Labute approximate surface area is 182 Å². The number of hydrogen-bond acceptors (Lipinski definition) is 11. The van der Waals surface area contributed by atoms with Crippen LogP contribution in [0.2, 0.25) is 0 Å². The van der Waals surface area contributed by atoms with Gasteiger partial charge in [-0.05, 0) is 12.1 Å². The number of aliphatic hydroxyl groups is 7. The first kappa shape index (κ1) is 23.3. The summed E-state index contributed by atoms with van der Waals surface area (Å²) in [6.45, 7) is -1.30. The monoisotopic (exact) mass is 457 g/mol. The van der Waals surface area contributed by atoms with E-state index in [9.17, 15) is 35.7 Å². The molecule has 12 heteroatoms. The lowest BCUT2D eigenvalue weighted by Gasteiger charge is -2.45. The number of nitrogens with one attached hydrogen (secondary N) is 1. The number of hydrogen-bond donors (Lipinski definition) is 8. The van der Waals surface area contributed by atoms with Crippen LogP contribution in [0, 0.1) is 0 Å². The SMILES string of the molecule is OC[C@H]1O[C@@H](O[C@H]2[C@H](O)[C@@H](O)[C@H](Oc3c[nH]c4ccccc34)O[C@@H]2CO)[C@H](O)[C@@H](O)[C@@H]1O. The number of benzene rings is 1. The largest absolute Gasteiger partial charge is 0.460 e. The lowest BCUT2D eigenvalue weighted by atomic mass is 9.97. The molecular formula is C20H27NO11. The van der Waals surface area contributed by atoms with E-state index in [2.05, 4.69) is 4.98 Å². The van der Waals surface area contributed by atoms with E-state index in [0.29, 0.717) is 5.75 Å². The smallest absolute Gasteiger partial charge is 0.229 e. The standard InChI is InChI=1S/C20H27NO11/c22-6-11-13(24)14(25)16(27)20(30-11)32-18-12(7-23)31-19(17(28)15(18)26)29-10-5-21-9-4-2-1-3-8(9)10/h1-5,11-28H,6-7H2/t11-,12-,13-,14+,15-,16-,17-,18-,19-,20+/m1/s1. The number of aliphatic hydroxyl groups excluding tert-OH is 7. The second kappa shape index (κ2) is 9.57. The Bertz CT molecular complexity index is 889. The highest BCUT2D eigenvalue weighted by molar-refractivity contribution is 5.85. The van der Waals surface area contributed by atoms with Gasteiger partial charge in [-0.2, -0.15) is 0 Å². The molecule has 0 unspecified atom stereocenters. The maximum Gasteiger partial charge on any atom is 0.229 e. The summed E-state index contributed by atoms with van der Waals surface area (Å²) >= 11 is 0. The van der Waals surface area contributed by atoms with Gasteiger partial charge in [0.1, 0.15) is 54.6 Å². The average molecular weight is 457 g/mol. The molecule has 32 heavy (non-hydrogen) atoms. The number of fused-ring (bicyclic) bond motifs is 1. The van der Waals surface area contributed by atoms with E-state index in [1.807, 2.05) is 12.1 Å². The third kappa shape index (κ3) is 4.22. The Morgan fingerprint density at radius 2 is 1.44 bits per heavy atom. The zero-order valence-corrected chi connectivity index (χ0v) is 16.8. The van der Waals surface area contributed by atoms with Crippen LogP contribution in [0.5, 0.6) is 5.75 Å². The quantitative estimate of drug-likeness (QED) is 0.223. The summed E-state index contributed by atoms with van der Waals surface area (Å²) in [5, 5.41) is 71.0. The molecular weight excluding hydrogens is 430 g/mol. The fourth-order valence-electron chi connectivity index (χ4n) is 3.92. The van der Waals surface area contributed by atoms with Crippen LogP contribution < -0.4 is 4.74 Å². The predicted molar refractivity (Wildman–Crippen MR) is 105 cm³/mol. The normalized spacial score (nSPS) is 40.5. The summed E-state index contributed by atoms with van der Waals surface area (Å²) in [6, 6.07) is 7.26. The Morgan fingerprint density at radius 1 is 0.781 bits per heavy atom. The third-order valence-corrected chi connectivity index (χ3v) is 5.75. The van der Waals surface area contributed by atoms with Crippen LogP contribution in [0.4, 0.5) is 0 Å². The van der Waals surface area contributed by atoms with Gasteiger partial charge in [-0.1, -0.05) is 12.1 Å². The minimum atomic E-state index is -1.73. The Kier molecular flexibility index (Phi) is 6.97. The molecule has 1 aromatic heterocycles. The molecule has 2 saturated heterocycles. The van der Waals surface area contributed by atoms with E-state index in [0.717, 1.165) is 10.9 Å². The summed E-state index contributed by atoms with van der Waals surface area (Å²) in [4.78, 5) is 3.01. The van der Waals surface area contributed by atoms with Crippen molar-refractivity contribution in [3.8, 4) is 5.75 Å². The maximum absolute atomic E-state index is 10.7. The number of ether oxygens (including phenoxy) is 4. The van der Waals surface area contributed by atoms with Crippen LogP contribution in [-0.4, -0.2) is 115 Å². The number of aromatic amines is 1. The first-order valence-electron chi connectivity index (χ1n) is 10.2. The van der Waals surface area contributed by atoms with Gasteiger partial charge in [0.2, 0.25) is 6.29 Å². The van der Waals surface area contributed by atoms with Crippen LogP contribution >= 0.6 is 0 Å². The molecule has 10 atom stereocenters. The van der Waals surface area contributed by atoms with E-state index in [-0.39, 0.29) is 0 Å². The molecule has 0 aliphatic carbocycles. The van der Waals surface area contributed by atoms with Crippen molar-refractivity contribution in [3.05, 3.63) is 30.5 Å². The third-order valence-electron chi connectivity index (χ3n) is 5.75. The summed E-state index contributed by atoms with van der Waals surface area (Å²) in [7, 11) is 0. The van der Waals surface area contributed by atoms with E-state index in [1.165, 1.54) is 0 Å². The molecule has 2 fully saturated rings. The molecule has 8 N–H and O–H groups in total. The number of rotatable bonds is 6. The van der Waals surface area contributed by atoms with Gasteiger partial charge in [-0.15, -0.1) is 0 Å². The zero-order valence-electron chi connectivity index (χ0n) is 16.8. The Hall–Kier alpha value is -1.84. The fraction of sp³-hybridized carbons (Fsp3) is 0.600. The van der Waals surface area contributed by atoms with Gasteiger partial charge < -0.3 is 59.7 Å². The average Bonchev–Trinajstić information content (AvgIpc) is 3.21. The van der Waals surface area contributed by atoms with Crippen molar-refractivity contribution < 1.29 is 54.7 Å². The van der Waals surface area contributed by atoms with Crippen LogP contribution in [0.1, 0.15) is 0 Å². The molecule has 1 aromatic carbocycles. The maximum atomic E-state index is 10.7. The lowest BCUT2D eigenvalue weighted by Crippen LogP contribution is -2.65. The molecule has 0 radical (unpaired) electrons. The van der Waals surface area contributed by atoms with Gasteiger partial charge in [0, 0.05) is 17.1 Å². The first-order chi connectivity index (χ1) is 15.3. The van der Waals surface area contributed by atoms with Crippen molar-refractivity contribution in [3.63, 3.8) is 0 Å². The van der Waals surface area contributed by atoms with Crippen molar-refractivity contribution in [2.24, 2.45) is 0 Å². The number of aromatic nitrogens is 1. The molecule has 4 rings (SSSR count). The zero-order chi connectivity index (χ0) is 23.0. The van der Waals surface area contributed by atoms with Gasteiger partial charge >= 0.3 is 0 Å². The molecule has 12 nitrogen and oxygen atoms in total. The first-order valence-corrected chi connectivity index (χ1v) is 10.2. The van der Waals surface area contributed by atoms with E-state index >= 15 is 0 Å². The van der Waals surface area contributed by atoms with Crippen LogP contribution in [0.25, 0.3) is 10.9 Å². The molecule has 0 spiro atoms. The summed E-state index contributed by atoms with van der Waals surface area (Å²) in [5.74, 6) is 0.363. The van der Waals surface area contributed by atoms with Gasteiger partial charge in [-0.3, -0.25) is 0 Å². The number of H-pyrrole nitrogens is 1. The molecule has 178 valence electrons. The fourth-order valence-corrected chi connectivity index (χ4v) is 3.92. The molecule has 0 saturated carbocycles. The van der Waals surface area contributed by atoms with Crippen LogP contribution in [-0.2, 0) is 14.2 Å². The Morgan fingerprint density at radius 3 is 2.16 bits per heavy atom. The van der Waals surface area contributed by atoms with Crippen LogP contribution in [0.15, 0.2) is 30.5 Å². The molecule has 0 bridgehead atoms. The topological polar surface area (TPSA) is 194 Å². The molecule has 2 aliphatic rings. The summed E-state index contributed by atoms with van der Waals surface area (Å²) in [6.07, 6.45) is -13.4. The van der Waals surface area contributed by atoms with E-state index < -0.39 is 74.6 Å². The number of para-hydroxylation sites is 1. The van der Waals surface area contributed by atoms with Gasteiger partial charge in [0.05, 0.1) is 13.2 Å². The van der Waals surface area contributed by atoms with Crippen molar-refractivity contribution in [1.82, 2.24) is 4.98 Å². The molecule has 2 aromatic rings. The second-order valence-corrected chi connectivity index (χ2v) is 7.82. The van der Waals surface area contributed by atoms with Crippen LogP contribution in [0.3, 0.4) is 0 Å². The highest BCUT2D eigenvalue weighted by Crippen LogP contribution is 2.32. The molecule has 3 heterocycles. The van der Waals surface area contributed by atoms with Gasteiger partial charge in [0.25, 0.3) is 0 Å². The summed E-state index contributed by atoms with van der Waals surface area (Å²) < 4.78 is 22.1. The van der Waals surface area contributed by atoms with Gasteiger partial charge in [-0.25, -0.2) is 0 Å². The highest BCUT2D eigenvalue weighted by Gasteiger charge is 2.51. The molecule has 2 aliphatic heterocycles. The summed E-state index contributed by atoms with van der Waals surface area (Å²) in [5.41, 5.74) is 0.788. The minimum absolute atomic E-state index is 0.363. The minimum Gasteiger partial charge on any atom is -0.460 e. The van der Waals surface area contributed by atoms with Crippen molar-refractivity contribution in [1.29, 1.82) is 0 Å². The van der Waals surface area contributed by atoms with Gasteiger partial charge in [0.15, 0.2) is 6.29 Å². The highest BCUT2D eigenvalue weighted by atomic mass is 16.7. The Balaban J connectivity index is 1.48. The molecule has 0 amide bonds. The second-order valence-electron chi connectivity index (χ2n) is 7.82.